The predicted octanol–water partition coefficient (Wildman–Crippen LogP) is 5.34. The van der Waals surface area contributed by atoms with Crippen LogP contribution in [0.2, 0.25) is 10.0 Å². The number of carbonyl (C=O) groups excluding carboxylic acids is 4. The first kappa shape index (κ1) is 25.6. The fourth-order valence-electron chi connectivity index (χ4n) is 6.52. The molecular formula is C30H23Cl2NO6. The van der Waals surface area contributed by atoms with Gasteiger partial charge in [0.1, 0.15) is 0 Å². The first-order valence-electron chi connectivity index (χ1n) is 12.5. The molecule has 1 N–H and O–H groups in total. The van der Waals surface area contributed by atoms with E-state index in [0.717, 1.165) is 5.57 Å². The minimum absolute atomic E-state index is 0.0326. The number of allylic oxidation sites excluding steroid dienone is 6. The summed E-state index contributed by atoms with van der Waals surface area (Å²) < 4.78 is 5.32. The number of fused-ring (bicyclic) bond motifs is 3. The number of hydrogen-bond donors (Lipinski definition) is 1. The van der Waals surface area contributed by atoms with Crippen LogP contribution in [0.4, 0.5) is 5.69 Å². The number of halogens is 2. The number of Topliss-reactive ketones (excluding diaryl/α,β-unsaturated/α-hetero) is 1. The predicted molar refractivity (Wildman–Crippen MR) is 145 cm³/mol. The van der Waals surface area contributed by atoms with E-state index < -0.39 is 23.7 Å². The van der Waals surface area contributed by atoms with E-state index in [4.69, 9.17) is 27.9 Å². The van der Waals surface area contributed by atoms with E-state index in [1.165, 1.54) is 18.1 Å². The van der Waals surface area contributed by atoms with Gasteiger partial charge >= 0.3 is 0 Å². The number of ketones is 2. The molecule has 6 rings (SSSR count). The van der Waals surface area contributed by atoms with E-state index in [1.54, 1.807) is 43.3 Å². The Labute approximate surface area is 234 Å². The molecule has 4 unspecified atom stereocenters. The third kappa shape index (κ3) is 3.79. The van der Waals surface area contributed by atoms with Crippen LogP contribution in [0.1, 0.15) is 31.2 Å². The largest absolute Gasteiger partial charge is 0.503 e. The Hall–Kier alpha value is -3.68. The summed E-state index contributed by atoms with van der Waals surface area (Å²) in [5.41, 5.74) is 2.79. The molecule has 7 nitrogen and oxygen atoms in total. The van der Waals surface area contributed by atoms with Gasteiger partial charge in [0.15, 0.2) is 23.1 Å². The standard InChI is InChI=1S/C30H23Cl2NO6/c1-13-9-22(34)26-20(27(13)35)12-19-17(24(26)14-10-21(32)28(36)23(11-14)39-2)7-8-18-25(19)30(38)33(29(18)37)16-5-3-15(31)4-6-16/h3-7,9-11,18-19,24-25,36H,8,12H2,1-2H3. The second-order valence-corrected chi connectivity index (χ2v) is 11.1. The van der Waals surface area contributed by atoms with Crippen LogP contribution in [-0.2, 0) is 19.2 Å². The Morgan fingerprint density at radius 3 is 2.41 bits per heavy atom. The Bertz CT molecular complexity index is 1590. The van der Waals surface area contributed by atoms with Crippen LogP contribution in [0.3, 0.4) is 0 Å². The minimum Gasteiger partial charge on any atom is -0.503 e. The fraction of sp³-hybridized carbons (Fsp3) is 0.267. The zero-order valence-corrected chi connectivity index (χ0v) is 22.5. The smallest absolute Gasteiger partial charge is 0.238 e. The first-order valence-corrected chi connectivity index (χ1v) is 13.3. The highest BCUT2D eigenvalue weighted by Crippen LogP contribution is 2.56. The highest BCUT2D eigenvalue weighted by Gasteiger charge is 2.56. The summed E-state index contributed by atoms with van der Waals surface area (Å²) in [6, 6.07) is 9.66. The van der Waals surface area contributed by atoms with Crippen molar-refractivity contribution in [3.63, 3.8) is 0 Å². The van der Waals surface area contributed by atoms with Crippen molar-refractivity contribution in [2.75, 3.05) is 12.0 Å². The summed E-state index contributed by atoms with van der Waals surface area (Å²) in [5.74, 6) is -3.75. The summed E-state index contributed by atoms with van der Waals surface area (Å²) in [4.78, 5) is 55.4. The van der Waals surface area contributed by atoms with Gasteiger partial charge in [-0.1, -0.05) is 34.9 Å². The lowest BCUT2D eigenvalue weighted by Gasteiger charge is -2.42. The van der Waals surface area contributed by atoms with Gasteiger partial charge in [0.2, 0.25) is 11.8 Å². The molecule has 2 amide bonds. The molecule has 0 aromatic heterocycles. The number of phenolic OH excluding ortho intramolecular Hbond substituents is 1. The van der Waals surface area contributed by atoms with E-state index in [1.807, 2.05) is 6.08 Å². The van der Waals surface area contributed by atoms with Gasteiger partial charge in [0, 0.05) is 27.7 Å². The fourth-order valence-corrected chi connectivity index (χ4v) is 6.87. The molecule has 39 heavy (non-hydrogen) atoms. The number of imide groups is 1. The van der Waals surface area contributed by atoms with Crippen molar-refractivity contribution in [2.24, 2.45) is 17.8 Å². The van der Waals surface area contributed by atoms with Gasteiger partial charge in [-0.25, -0.2) is 0 Å². The molecule has 1 aliphatic heterocycles. The molecule has 4 atom stereocenters. The molecular weight excluding hydrogens is 541 g/mol. The first-order chi connectivity index (χ1) is 18.6. The second kappa shape index (κ2) is 9.21. The highest BCUT2D eigenvalue weighted by atomic mass is 35.5. The van der Waals surface area contributed by atoms with Crippen LogP contribution < -0.4 is 9.64 Å². The van der Waals surface area contributed by atoms with Crippen molar-refractivity contribution in [3.8, 4) is 11.5 Å². The molecule has 1 saturated heterocycles. The molecule has 1 heterocycles. The maximum absolute atomic E-state index is 13.9. The topological polar surface area (TPSA) is 101 Å². The van der Waals surface area contributed by atoms with Crippen LogP contribution >= 0.6 is 23.2 Å². The van der Waals surface area contributed by atoms with Crippen molar-refractivity contribution < 1.29 is 29.0 Å². The lowest BCUT2D eigenvalue weighted by molar-refractivity contribution is -0.123. The Morgan fingerprint density at radius 2 is 1.72 bits per heavy atom. The van der Waals surface area contributed by atoms with Crippen LogP contribution in [0.5, 0.6) is 11.5 Å². The van der Waals surface area contributed by atoms with Gasteiger partial charge in [0.25, 0.3) is 0 Å². The average molecular weight is 564 g/mol. The van der Waals surface area contributed by atoms with E-state index >= 15 is 0 Å². The number of carbonyl (C=O) groups is 4. The minimum atomic E-state index is -0.701. The maximum atomic E-state index is 13.9. The number of benzene rings is 2. The van der Waals surface area contributed by atoms with Gasteiger partial charge in [-0.05, 0) is 73.7 Å². The van der Waals surface area contributed by atoms with Gasteiger partial charge in [-0.15, -0.1) is 0 Å². The van der Waals surface area contributed by atoms with Crippen LogP contribution in [0.25, 0.3) is 0 Å². The molecule has 1 fully saturated rings. The summed E-state index contributed by atoms with van der Waals surface area (Å²) >= 11 is 12.4. The van der Waals surface area contributed by atoms with Crippen molar-refractivity contribution in [2.45, 2.75) is 25.7 Å². The lowest BCUT2D eigenvalue weighted by atomic mass is 9.59. The number of hydrogen-bond acceptors (Lipinski definition) is 6. The number of amides is 2. The van der Waals surface area contributed by atoms with Crippen LogP contribution in [0, 0.1) is 17.8 Å². The lowest BCUT2D eigenvalue weighted by Crippen LogP contribution is -2.39. The molecule has 0 spiro atoms. The molecule has 2 aromatic carbocycles. The Kier molecular flexibility index (Phi) is 6.04. The molecule has 9 heteroatoms. The van der Waals surface area contributed by atoms with Crippen molar-refractivity contribution in [1.29, 1.82) is 0 Å². The highest BCUT2D eigenvalue weighted by molar-refractivity contribution is 6.32. The average Bonchev–Trinajstić information content (AvgIpc) is 3.18. The molecule has 198 valence electrons. The summed E-state index contributed by atoms with van der Waals surface area (Å²) in [5, 5.41) is 10.9. The molecule has 4 aliphatic rings. The zero-order chi connectivity index (χ0) is 27.7. The van der Waals surface area contributed by atoms with E-state index in [9.17, 15) is 24.3 Å². The Balaban J connectivity index is 1.51. The Morgan fingerprint density at radius 1 is 1.00 bits per heavy atom. The molecule has 0 saturated carbocycles. The molecule has 0 radical (unpaired) electrons. The second-order valence-electron chi connectivity index (χ2n) is 10.3. The van der Waals surface area contributed by atoms with Gasteiger partial charge in [0.05, 0.1) is 29.7 Å². The SMILES string of the molecule is COc1cc(C2C3=CCC4C(=O)N(c5ccc(Cl)cc5)C(=O)C4C3CC3=C2C(=O)C=C(C)C3=O)cc(Cl)c1O. The van der Waals surface area contributed by atoms with Crippen LogP contribution in [-0.4, -0.2) is 35.6 Å². The number of ether oxygens (including phenoxy) is 1. The maximum Gasteiger partial charge on any atom is 0.238 e. The van der Waals surface area contributed by atoms with Gasteiger partial charge in [-0.3, -0.25) is 24.1 Å². The summed E-state index contributed by atoms with van der Waals surface area (Å²) in [7, 11) is 1.39. The molecule has 0 bridgehead atoms. The van der Waals surface area contributed by atoms with Gasteiger partial charge in [-0.2, -0.15) is 0 Å². The number of aromatic hydroxyl groups is 1. The monoisotopic (exact) mass is 563 g/mol. The van der Waals surface area contributed by atoms with E-state index in [-0.39, 0.29) is 46.3 Å². The third-order valence-electron chi connectivity index (χ3n) is 8.25. The van der Waals surface area contributed by atoms with Crippen molar-refractivity contribution >= 4 is 52.3 Å². The quantitative estimate of drug-likeness (QED) is 0.307. The number of anilines is 1. The number of rotatable bonds is 3. The van der Waals surface area contributed by atoms with E-state index in [2.05, 4.69) is 0 Å². The number of phenols is 1. The molecule has 2 aromatic rings. The van der Waals surface area contributed by atoms with Gasteiger partial charge < -0.3 is 9.84 Å². The summed E-state index contributed by atoms with van der Waals surface area (Å²) in [6.45, 7) is 1.60. The van der Waals surface area contributed by atoms with Crippen molar-refractivity contribution in [3.05, 3.63) is 86.5 Å². The number of nitrogens with zero attached hydrogens (tertiary/aromatic N) is 1. The normalized spacial score (nSPS) is 26.2. The van der Waals surface area contributed by atoms with Crippen molar-refractivity contribution in [1.82, 2.24) is 0 Å². The zero-order valence-electron chi connectivity index (χ0n) is 21.0. The number of methoxy groups -OCH3 is 1. The summed E-state index contributed by atoms with van der Waals surface area (Å²) in [6.07, 6.45) is 3.74. The van der Waals surface area contributed by atoms with Crippen LogP contribution in [0.15, 0.2) is 70.8 Å². The molecule has 3 aliphatic carbocycles. The van der Waals surface area contributed by atoms with E-state index in [0.29, 0.717) is 39.4 Å². The third-order valence-corrected chi connectivity index (χ3v) is 8.79.